The van der Waals surface area contributed by atoms with Gasteiger partial charge >= 0.3 is 0 Å². The Hall–Kier alpha value is -2.37. The minimum Gasteiger partial charge on any atom is -0.405 e. The summed E-state index contributed by atoms with van der Waals surface area (Å²) in [7, 11) is 0. The summed E-state index contributed by atoms with van der Waals surface area (Å²) < 4.78 is 0. The molecule has 3 rings (SSSR count). The second-order valence-electron chi connectivity index (χ2n) is 8.36. The first-order valence-electron chi connectivity index (χ1n) is 11.0. The van der Waals surface area contributed by atoms with Crippen molar-refractivity contribution < 1.29 is 9.59 Å². The van der Waals surface area contributed by atoms with Gasteiger partial charge in [0, 0.05) is 42.1 Å². The summed E-state index contributed by atoms with van der Waals surface area (Å²) in [4.78, 5) is 30.1. The third kappa shape index (κ3) is 6.31. The lowest BCUT2D eigenvalue weighted by Gasteiger charge is -2.37. The highest BCUT2D eigenvalue weighted by atomic mass is 35.5. The number of nitrogens with zero attached hydrogens (tertiary/aromatic N) is 2. The van der Waals surface area contributed by atoms with Crippen LogP contribution in [0.3, 0.4) is 0 Å². The van der Waals surface area contributed by atoms with Crippen LogP contribution < -0.4 is 5.73 Å². The number of likely N-dealkylation sites (tertiary alicyclic amines) is 2. The zero-order valence-electron chi connectivity index (χ0n) is 18.0. The number of allylic oxidation sites excluding steroid dienone is 2. The fraction of sp³-hybridized carbons (Fsp3) is 0.440. The number of piperidine rings is 2. The fourth-order valence-corrected chi connectivity index (χ4v) is 4.63. The smallest absolute Gasteiger partial charge is 0.225 e. The molecule has 1 aromatic carbocycles. The van der Waals surface area contributed by atoms with Gasteiger partial charge < -0.3 is 10.6 Å². The maximum atomic E-state index is 13.0. The summed E-state index contributed by atoms with van der Waals surface area (Å²) >= 11 is 5.92. The van der Waals surface area contributed by atoms with Gasteiger partial charge in [0.2, 0.25) is 5.91 Å². The largest absolute Gasteiger partial charge is 0.405 e. The van der Waals surface area contributed by atoms with Crippen LogP contribution in [0.15, 0.2) is 60.8 Å². The third-order valence-corrected chi connectivity index (χ3v) is 6.54. The molecule has 31 heavy (non-hydrogen) atoms. The molecule has 0 unspecified atom stereocenters. The molecule has 2 fully saturated rings. The average molecular weight is 442 g/mol. The van der Waals surface area contributed by atoms with Crippen LogP contribution in [0, 0.1) is 11.8 Å². The van der Waals surface area contributed by atoms with Crippen molar-refractivity contribution in [1.82, 2.24) is 9.80 Å². The molecule has 2 saturated heterocycles. The Morgan fingerprint density at radius 1 is 1.03 bits per heavy atom. The van der Waals surface area contributed by atoms with E-state index in [9.17, 15) is 9.59 Å². The summed E-state index contributed by atoms with van der Waals surface area (Å²) in [6.07, 6.45) is 10.4. The molecule has 0 aliphatic carbocycles. The Morgan fingerprint density at radius 3 is 2.23 bits per heavy atom. The molecule has 0 spiro atoms. The predicted octanol–water partition coefficient (Wildman–Crippen LogP) is 4.06. The zero-order chi connectivity index (χ0) is 22.2. The van der Waals surface area contributed by atoms with Crippen LogP contribution in [0.1, 0.15) is 36.0 Å². The highest BCUT2D eigenvalue weighted by molar-refractivity contribution is 6.30. The number of Topliss-reactive ketones (excluding diaryl/α,β-unsaturated/α-hetero) is 1. The van der Waals surface area contributed by atoms with E-state index in [0.29, 0.717) is 23.7 Å². The lowest BCUT2D eigenvalue weighted by Crippen LogP contribution is -2.46. The van der Waals surface area contributed by atoms with E-state index in [0.717, 1.165) is 50.9 Å². The molecule has 6 heteroatoms. The molecule has 0 radical (unpaired) electrons. The van der Waals surface area contributed by atoms with E-state index < -0.39 is 0 Å². The Balaban J connectivity index is 1.46. The zero-order valence-corrected chi connectivity index (χ0v) is 18.8. The van der Waals surface area contributed by atoms with Gasteiger partial charge in [-0.2, -0.15) is 0 Å². The molecule has 2 aliphatic heterocycles. The van der Waals surface area contributed by atoms with Crippen molar-refractivity contribution in [2.24, 2.45) is 17.6 Å². The predicted molar refractivity (Wildman–Crippen MR) is 126 cm³/mol. The second-order valence-corrected chi connectivity index (χ2v) is 8.79. The maximum Gasteiger partial charge on any atom is 0.225 e. The van der Waals surface area contributed by atoms with E-state index in [1.807, 2.05) is 17.1 Å². The van der Waals surface area contributed by atoms with Crippen molar-refractivity contribution in [3.8, 4) is 0 Å². The number of rotatable bonds is 7. The standard InChI is InChI=1S/C25H32ClN3O2/c1-2-3-19(8-13-27)18-28-14-9-22(10-15-28)25(31)29-16-11-21(12-17-29)24(30)20-4-6-23(26)7-5-20/h2-8,13,21-22H,1,9-12,14-18,27H2/b13-8-,19-3+. The second kappa shape index (κ2) is 11.3. The lowest BCUT2D eigenvalue weighted by molar-refractivity contribution is -0.138. The molecule has 2 aliphatic rings. The van der Waals surface area contributed by atoms with E-state index in [4.69, 9.17) is 17.3 Å². The SMILES string of the molecule is C=C/C=C(\C=C/N)CN1CCC(C(=O)N2CCC(C(=O)c3ccc(Cl)cc3)CC2)CC1. The van der Waals surface area contributed by atoms with Gasteiger partial charge in [0.25, 0.3) is 0 Å². The Kier molecular flexibility index (Phi) is 8.50. The van der Waals surface area contributed by atoms with Crippen molar-refractivity contribution in [2.75, 3.05) is 32.7 Å². The molecule has 2 N–H and O–H groups in total. The average Bonchev–Trinajstić information content (AvgIpc) is 2.80. The number of carbonyl (C=O) groups excluding carboxylic acids is 2. The summed E-state index contributed by atoms with van der Waals surface area (Å²) in [5.41, 5.74) is 7.35. The minimum absolute atomic E-state index is 0.0160. The number of nitrogens with two attached hydrogens (primary N) is 1. The number of carbonyl (C=O) groups is 2. The molecule has 166 valence electrons. The highest BCUT2D eigenvalue weighted by Gasteiger charge is 2.32. The van der Waals surface area contributed by atoms with Crippen molar-refractivity contribution in [3.05, 3.63) is 71.4 Å². The van der Waals surface area contributed by atoms with Gasteiger partial charge in [-0.05, 0) is 80.9 Å². The minimum atomic E-state index is -0.0160. The first-order chi connectivity index (χ1) is 15.0. The Bertz CT molecular complexity index is 831. The van der Waals surface area contributed by atoms with Crippen LogP contribution in [0.25, 0.3) is 0 Å². The highest BCUT2D eigenvalue weighted by Crippen LogP contribution is 2.26. The van der Waals surface area contributed by atoms with Gasteiger partial charge in [-0.3, -0.25) is 14.5 Å². The monoisotopic (exact) mass is 441 g/mol. The van der Waals surface area contributed by atoms with Crippen molar-refractivity contribution in [2.45, 2.75) is 25.7 Å². The van der Waals surface area contributed by atoms with Crippen LogP contribution in [0.4, 0.5) is 0 Å². The number of benzene rings is 1. The Labute approximate surface area is 190 Å². The van der Waals surface area contributed by atoms with E-state index >= 15 is 0 Å². The van der Waals surface area contributed by atoms with Crippen LogP contribution in [-0.2, 0) is 4.79 Å². The van der Waals surface area contributed by atoms with E-state index in [1.54, 1.807) is 36.5 Å². The van der Waals surface area contributed by atoms with Crippen molar-refractivity contribution in [3.63, 3.8) is 0 Å². The molecule has 1 aromatic rings. The van der Waals surface area contributed by atoms with Gasteiger partial charge in [-0.15, -0.1) is 0 Å². The topological polar surface area (TPSA) is 66.6 Å². The summed E-state index contributed by atoms with van der Waals surface area (Å²) in [5, 5.41) is 0.631. The summed E-state index contributed by atoms with van der Waals surface area (Å²) in [6.45, 7) is 7.69. The fourth-order valence-electron chi connectivity index (χ4n) is 4.50. The van der Waals surface area contributed by atoms with Gasteiger partial charge in [0.15, 0.2) is 5.78 Å². The molecular formula is C25H32ClN3O2. The number of hydrogen-bond donors (Lipinski definition) is 1. The molecule has 0 atom stereocenters. The maximum absolute atomic E-state index is 13.0. The molecular weight excluding hydrogens is 410 g/mol. The molecule has 1 amide bonds. The van der Waals surface area contributed by atoms with Crippen LogP contribution >= 0.6 is 11.6 Å². The number of halogens is 1. The first kappa shape index (κ1) is 23.3. The summed E-state index contributed by atoms with van der Waals surface area (Å²) in [6, 6.07) is 7.08. The first-order valence-corrected chi connectivity index (χ1v) is 11.4. The van der Waals surface area contributed by atoms with Gasteiger partial charge in [0.05, 0.1) is 0 Å². The molecule has 0 saturated carbocycles. The van der Waals surface area contributed by atoms with E-state index in [2.05, 4.69) is 11.5 Å². The van der Waals surface area contributed by atoms with Gasteiger partial charge in [0.1, 0.15) is 0 Å². The molecule has 0 aromatic heterocycles. The molecule has 0 bridgehead atoms. The van der Waals surface area contributed by atoms with Crippen LogP contribution in [0.2, 0.25) is 5.02 Å². The summed E-state index contributed by atoms with van der Waals surface area (Å²) in [5.74, 6) is 0.474. The lowest BCUT2D eigenvalue weighted by atomic mass is 9.87. The van der Waals surface area contributed by atoms with Gasteiger partial charge in [-0.25, -0.2) is 0 Å². The van der Waals surface area contributed by atoms with Crippen molar-refractivity contribution >= 4 is 23.3 Å². The molecule has 2 heterocycles. The van der Waals surface area contributed by atoms with Crippen LogP contribution in [0.5, 0.6) is 0 Å². The third-order valence-electron chi connectivity index (χ3n) is 6.29. The van der Waals surface area contributed by atoms with E-state index in [-0.39, 0.29) is 23.5 Å². The quantitative estimate of drug-likeness (QED) is 0.511. The number of ketones is 1. The van der Waals surface area contributed by atoms with Crippen LogP contribution in [-0.4, -0.2) is 54.2 Å². The van der Waals surface area contributed by atoms with E-state index in [1.165, 1.54) is 0 Å². The normalized spacial score (nSPS) is 19.6. The number of hydrogen-bond acceptors (Lipinski definition) is 4. The van der Waals surface area contributed by atoms with Crippen molar-refractivity contribution in [1.29, 1.82) is 0 Å². The van der Waals surface area contributed by atoms with Gasteiger partial charge in [-0.1, -0.05) is 30.3 Å². The Morgan fingerprint density at radius 2 is 1.65 bits per heavy atom. The molecule has 5 nitrogen and oxygen atoms in total. The number of amides is 1.